The number of fused-ring (bicyclic) bond motifs is 1. The molecule has 1 aliphatic heterocycles. The average Bonchev–Trinajstić information content (AvgIpc) is 3.11. The molecule has 0 aliphatic carbocycles. The minimum Gasteiger partial charge on any atom is -0.368 e. The highest BCUT2D eigenvalue weighted by Crippen LogP contribution is 2.42. The molecule has 4 rings (SSSR count). The molecule has 0 amide bonds. The van der Waals surface area contributed by atoms with E-state index in [0.717, 1.165) is 52.3 Å². The summed E-state index contributed by atoms with van der Waals surface area (Å²) < 4.78 is 12.4. The molecule has 0 spiro atoms. The summed E-state index contributed by atoms with van der Waals surface area (Å²) in [4.78, 5) is 6.60. The van der Waals surface area contributed by atoms with E-state index in [1.165, 1.54) is 0 Å². The molecule has 0 saturated carbocycles. The fourth-order valence-corrected chi connectivity index (χ4v) is 4.56. The molecule has 4 nitrogen and oxygen atoms in total. The molecule has 2 heterocycles. The highest BCUT2D eigenvalue weighted by molar-refractivity contribution is 7.85. The minimum absolute atomic E-state index is 0.247. The second kappa shape index (κ2) is 6.86. The van der Waals surface area contributed by atoms with Crippen LogP contribution in [0, 0.1) is 16.7 Å². The number of hydrogen-bond acceptors (Lipinski definition) is 3. The third-order valence-electron chi connectivity index (χ3n) is 5.55. The number of nitriles is 1. The van der Waals surface area contributed by atoms with E-state index in [1.54, 1.807) is 0 Å². The highest BCUT2D eigenvalue weighted by Gasteiger charge is 2.42. The van der Waals surface area contributed by atoms with E-state index in [-0.39, 0.29) is 5.41 Å². The zero-order valence-corrected chi connectivity index (χ0v) is 16.5. The van der Waals surface area contributed by atoms with E-state index in [9.17, 15) is 9.47 Å². The van der Waals surface area contributed by atoms with Gasteiger partial charge in [0.2, 0.25) is 0 Å². The number of aromatic amines is 1. The van der Waals surface area contributed by atoms with E-state index in [1.807, 2.05) is 31.2 Å². The summed E-state index contributed by atoms with van der Waals surface area (Å²) in [5, 5.41) is 10.7. The van der Waals surface area contributed by atoms with Gasteiger partial charge in [-0.15, -0.1) is 0 Å². The van der Waals surface area contributed by atoms with Crippen LogP contribution >= 0.6 is 0 Å². The van der Waals surface area contributed by atoms with Gasteiger partial charge in [0.05, 0.1) is 22.3 Å². The Labute approximate surface area is 162 Å². The Hall–Kier alpha value is -2.58. The summed E-state index contributed by atoms with van der Waals surface area (Å²) >= 11 is 0. The Balaban J connectivity index is 1.80. The third-order valence-corrected chi connectivity index (χ3v) is 6.86. The SMILES string of the molecule is CCS(=O)c1ccc(N2CC(C#N)(CC)C2)c(-c2cc3ccccc3[nH]2)c1. The van der Waals surface area contributed by atoms with E-state index in [4.69, 9.17) is 0 Å². The molecule has 138 valence electrons. The predicted molar refractivity (Wildman–Crippen MR) is 111 cm³/mol. The summed E-state index contributed by atoms with van der Waals surface area (Å²) in [6.45, 7) is 5.49. The van der Waals surface area contributed by atoms with Crippen molar-refractivity contribution >= 4 is 27.4 Å². The van der Waals surface area contributed by atoms with E-state index in [2.05, 4.69) is 47.1 Å². The molecule has 0 bridgehead atoms. The number of aromatic nitrogens is 1. The van der Waals surface area contributed by atoms with Crippen LogP contribution < -0.4 is 4.90 Å². The molecule has 1 unspecified atom stereocenters. The summed E-state index contributed by atoms with van der Waals surface area (Å²) in [5.74, 6) is 0.600. The number of rotatable bonds is 5. The lowest BCUT2D eigenvalue weighted by molar-refractivity contribution is 0.291. The van der Waals surface area contributed by atoms with Crippen molar-refractivity contribution in [2.75, 3.05) is 23.7 Å². The molecule has 2 aromatic carbocycles. The quantitative estimate of drug-likeness (QED) is 0.701. The van der Waals surface area contributed by atoms with Crippen LogP contribution in [0.15, 0.2) is 53.4 Å². The minimum atomic E-state index is -1.00. The van der Waals surface area contributed by atoms with Crippen molar-refractivity contribution in [2.24, 2.45) is 5.41 Å². The lowest BCUT2D eigenvalue weighted by Gasteiger charge is -2.47. The zero-order chi connectivity index (χ0) is 19.0. The third kappa shape index (κ3) is 3.04. The Bertz CT molecular complexity index is 1020. The van der Waals surface area contributed by atoms with Gasteiger partial charge >= 0.3 is 0 Å². The van der Waals surface area contributed by atoms with Crippen molar-refractivity contribution in [2.45, 2.75) is 25.2 Å². The van der Waals surface area contributed by atoms with Crippen LogP contribution in [-0.4, -0.2) is 28.0 Å². The van der Waals surface area contributed by atoms with Crippen LogP contribution in [0.5, 0.6) is 0 Å². The van der Waals surface area contributed by atoms with Gasteiger partial charge in [-0.3, -0.25) is 4.21 Å². The van der Waals surface area contributed by atoms with Crippen LogP contribution in [0.3, 0.4) is 0 Å². The van der Waals surface area contributed by atoms with E-state index < -0.39 is 10.8 Å². The van der Waals surface area contributed by atoms with Gasteiger partial charge in [0.1, 0.15) is 0 Å². The van der Waals surface area contributed by atoms with Gasteiger partial charge in [-0.1, -0.05) is 32.0 Å². The molecule has 0 radical (unpaired) electrons. The monoisotopic (exact) mass is 377 g/mol. The number of H-pyrrole nitrogens is 1. The Kier molecular flexibility index (Phi) is 4.53. The van der Waals surface area contributed by atoms with Crippen LogP contribution in [0.1, 0.15) is 20.3 Å². The predicted octanol–water partition coefficient (Wildman–Crippen LogP) is 4.70. The van der Waals surface area contributed by atoms with Gasteiger partial charge in [-0.05, 0) is 36.8 Å². The maximum Gasteiger partial charge on any atom is 0.0919 e. The molecule has 1 N–H and O–H groups in total. The summed E-state index contributed by atoms with van der Waals surface area (Å²) in [6, 6.07) is 18.9. The fraction of sp³-hybridized carbons (Fsp3) is 0.318. The van der Waals surface area contributed by atoms with Crippen LogP contribution in [0.2, 0.25) is 0 Å². The van der Waals surface area contributed by atoms with Gasteiger partial charge in [-0.25, -0.2) is 0 Å². The van der Waals surface area contributed by atoms with Crippen molar-refractivity contribution in [3.05, 3.63) is 48.5 Å². The molecule has 1 fully saturated rings. The molecule has 1 saturated heterocycles. The lowest BCUT2D eigenvalue weighted by atomic mass is 9.78. The largest absolute Gasteiger partial charge is 0.368 e. The second-order valence-corrected chi connectivity index (χ2v) is 8.92. The molecule has 1 aliphatic rings. The molecule has 1 atom stereocenters. The lowest BCUT2D eigenvalue weighted by Crippen LogP contribution is -2.55. The molecular weight excluding hydrogens is 354 g/mol. The van der Waals surface area contributed by atoms with Gasteiger partial charge in [0.25, 0.3) is 0 Å². The van der Waals surface area contributed by atoms with Crippen molar-refractivity contribution < 1.29 is 4.21 Å². The van der Waals surface area contributed by atoms with Crippen molar-refractivity contribution in [1.29, 1.82) is 5.26 Å². The van der Waals surface area contributed by atoms with Gasteiger partial charge in [-0.2, -0.15) is 5.26 Å². The standard InChI is InChI=1S/C22H23N3OS/c1-3-22(13-23)14-25(15-22)21-10-9-17(27(26)4-2)12-18(21)20-11-16-7-5-6-8-19(16)24-20/h5-12,24H,3-4,14-15H2,1-2H3. The Morgan fingerprint density at radius 3 is 2.63 bits per heavy atom. The summed E-state index contributed by atoms with van der Waals surface area (Å²) in [6.07, 6.45) is 0.861. The average molecular weight is 378 g/mol. The smallest absolute Gasteiger partial charge is 0.0919 e. The number of anilines is 1. The van der Waals surface area contributed by atoms with Crippen LogP contribution in [-0.2, 0) is 10.8 Å². The first kappa shape index (κ1) is 17.8. The molecule has 27 heavy (non-hydrogen) atoms. The van der Waals surface area contributed by atoms with Gasteiger partial charge in [0, 0.05) is 51.6 Å². The van der Waals surface area contributed by atoms with Crippen molar-refractivity contribution in [1.82, 2.24) is 4.98 Å². The number of hydrogen-bond donors (Lipinski definition) is 1. The molecular formula is C22H23N3OS. The number of para-hydroxylation sites is 1. The second-order valence-electron chi connectivity index (χ2n) is 7.19. The number of benzene rings is 2. The number of nitrogens with one attached hydrogen (secondary N) is 1. The van der Waals surface area contributed by atoms with E-state index in [0.29, 0.717) is 5.75 Å². The van der Waals surface area contributed by atoms with Crippen molar-refractivity contribution in [3.8, 4) is 17.3 Å². The molecule has 3 aromatic rings. The maximum absolute atomic E-state index is 12.4. The van der Waals surface area contributed by atoms with Gasteiger partial charge in [0.15, 0.2) is 0 Å². The zero-order valence-electron chi connectivity index (χ0n) is 15.7. The first-order chi connectivity index (χ1) is 13.1. The normalized spacial score (nSPS) is 16.7. The summed E-state index contributed by atoms with van der Waals surface area (Å²) in [5.41, 5.74) is 4.00. The number of nitrogens with zero attached hydrogens (tertiary/aromatic N) is 2. The Morgan fingerprint density at radius 2 is 1.96 bits per heavy atom. The molecule has 5 heteroatoms. The topological polar surface area (TPSA) is 59.9 Å². The summed E-state index contributed by atoms with van der Waals surface area (Å²) in [7, 11) is -1.00. The van der Waals surface area contributed by atoms with Crippen LogP contribution in [0.4, 0.5) is 5.69 Å². The first-order valence-corrected chi connectivity index (χ1v) is 10.7. The van der Waals surface area contributed by atoms with Gasteiger partial charge < -0.3 is 9.88 Å². The van der Waals surface area contributed by atoms with Crippen molar-refractivity contribution in [3.63, 3.8) is 0 Å². The Morgan fingerprint density at radius 1 is 1.19 bits per heavy atom. The first-order valence-electron chi connectivity index (χ1n) is 9.36. The maximum atomic E-state index is 12.4. The van der Waals surface area contributed by atoms with E-state index >= 15 is 0 Å². The fourth-order valence-electron chi connectivity index (χ4n) is 3.76. The van der Waals surface area contributed by atoms with Crippen LogP contribution in [0.25, 0.3) is 22.2 Å². The highest BCUT2D eigenvalue weighted by atomic mass is 32.2. The molecule has 1 aromatic heterocycles.